The number of carbonyl (C=O) groups is 2. The van der Waals surface area contributed by atoms with Crippen molar-refractivity contribution in [2.24, 2.45) is 0 Å². The van der Waals surface area contributed by atoms with Crippen molar-refractivity contribution in [1.82, 2.24) is 15.7 Å². The first kappa shape index (κ1) is 14.9. The lowest BCUT2D eigenvalue weighted by molar-refractivity contribution is -0.132. The Labute approximate surface area is 108 Å². The van der Waals surface area contributed by atoms with Crippen molar-refractivity contribution < 1.29 is 14.8 Å². The van der Waals surface area contributed by atoms with Gasteiger partial charge in [-0.1, -0.05) is 12.8 Å². The van der Waals surface area contributed by atoms with Crippen LogP contribution in [0.5, 0.6) is 0 Å². The zero-order chi connectivity index (χ0) is 13.2. The maximum absolute atomic E-state index is 11.8. The minimum absolute atomic E-state index is 0.240. The summed E-state index contributed by atoms with van der Waals surface area (Å²) in [5.74, 6) is -0.100. The third kappa shape index (κ3) is 5.97. The highest BCUT2D eigenvalue weighted by atomic mass is 16.5. The summed E-state index contributed by atoms with van der Waals surface area (Å²) in [7, 11) is 0. The minimum Gasteiger partial charge on any atom is -0.340 e. The zero-order valence-corrected chi connectivity index (χ0v) is 10.8. The SMILES string of the molecule is O=C(CCCCCCC(=O)N1CCNCC1)NO. The van der Waals surface area contributed by atoms with Crippen LogP contribution in [0.25, 0.3) is 0 Å². The Morgan fingerprint density at radius 2 is 1.67 bits per heavy atom. The Morgan fingerprint density at radius 3 is 2.28 bits per heavy atom. The van der Waals surface area contributed by atoms with Gasteiger partial charge in [0.2, 0.25) is 11.8 Å². The number of rotatable bonds is 7. The molecule has 0 unspecified atom stereocenters. The lowest BCUT2D eigenvalue weighted by Gasteiger charge is -2.27. The maximum Gasteiger partial charge on any atom is 0.243 e. The van der Waals surface area contributed by atoms with Crippen molar-refractivity contribution in [2.75, 3.05) is 26.2 Å². The van der Waals surface area contributed by atoms with Gasteiger partial charge in [0.05, 0.1) is 0 Å². The standard InChI is InChI=1S/C12H23N3O3/c16-11(14-18)5-3-1-2-4-6-12(17)15-9-7-13-8-10-15/h13,18H,1-10H2,(H,14,16). The van der Waals surface area contributed by atoms with Gasteiger partial charge in [-0.3, -0.25) is 14.8 Å². The van der Waals surface area contributed by atoms with E-state index in [1.54, 1.807) is 5.48 Å². The smallest absolute Gasteiger partial charge is 0.243 e. The molecule has 1 rings (SSSR count). The number of unbranched alkanes of at least 4 members (excludes halogenated alkanes) is 3. The van der Waals surface area contributed by atoms with Crippen molar-refractivity contribution in [3.05, 3.63) is 0 Å². The number of nitrogens with one attached hydrogen (secondary N) is 2. The van der Waals surface area contributed by atoms with E-state index in [4.69, 9.17) is 5.21 Å². The summed E-state index contributed by atoms with van der Waals surface area (Å²) in [4.78, 5) is 24.4. The maximum atomic E-state index is 11.8. The van der Waals surface area contributed by atoms with Gasteiger partial charge in [0.25, 0.3) is 0 Å². The van der Waals surface area contributed by atoms with E-state index in [0.29, 0.717) is 12.8 Å². The molecule has 6 nitrogen and oxygen atoms in total. The number of piperazine rings is 1. The number of hydrogen-bond donors (Lipinski definition) is 3. The molecular weight excluding hydrogens is 234 g/mol. The van der Waals surface area contributed by atoms with Crippen LogP contribution in [0, 0.1) is 0 Å². The Bertz CT molecular complexity index is 265. The molecule has 104 valence electrons. The van der Waals surface area contributed by atoms with Crippen molar-refractivity contribution in [2.45, 2.75) is 38.5 Å². The van der Waals surface area contributed by atoms with E-state index in [2.05, 4.69) is 5.32 Å². The van der Waals surface area contributed by atoms with Crippen LogP contribution in [-0.4, -0.2) is 48.1 Å². The lowest BCUT2D eigenvalue weighted by Crippen LogP contribution is -2.46. The molecule has 1 aliphatic rings. The average Bonchev–Trinajstić information content (AvgIpc) is 2.43. The summed E-state index contributed by atoms with van der Waals surface area (Å²) in [5.41, 5.74) is 1.61. The van der Waals surface area contributed by atoms with Crippen molar-refractivity contribution in [1.29, 1.82) is 0 Å². The van der Waals surface area contributed by atoms with Crippen LogP contribution in [0.1, 0.15) is 38.5 Å². The fourth-order valence-electron chi connectivity index (χ4n) is 2.04. The number of carbonyl (C=O) groups excluding carboxylic acids is 2. The molecule has 1 heterocycles. The number of amides is 2. The van der Waals surface area contributed by atoms with Gasteiger partial charge in [0, 0.05) is 39.0 Å². The van der Waals surface area contributed by atoms with E-state index >= 15 is 0 Å². The quantitative estimate of drug-likeness (QED) is 0.347. The Balaban J connectivity index is 1.96. The van der Waals surface area contributed by atoms with Gasteiger partial charge in [-0.15, -0.1) is 0 Å². The molecule has 0 aromatic carbocycles. The fraction of sp³-hybridized carbons (Fsp3) is 0.833. The molecule has 1 aliphatic heterocycles. The second kappa shape index (κ2) is 8.88. The highest BCUT2D eigenvalue weighted by Gasteiger charge is 2.15. The lowest BCUT2D eigenvalue weighted by atomic mass is 10.1. The molecule has 6 heteroatoms. The molecule has 0 atom stereocenters. The van der Waals surface area contributed by atoms with Crippen LogP contribution < -0.4 is 10.8 Å². The molecule has 2 amide bonds. The van der Waals surface area contributed by atoms with Crippen LogP contribution in [0.3, 0.4) is 0 Å². The molecule has 3 N–H and O–H groups in total. The van der Waals surface area contributed by atoms with E-state index < -0.39 is 0 Å². The van der Waals surface area contributed by atoms with Gasteiger partial charge in [0.1, 0.15) is 0 Å². The van der Waals surface area contributed by atoms with Crippen molar-refractivity contribution in [3.8, 4) is 0 Å². The molecule has 1 fully saturated rings. The second-order valence-corrected chi connectivity index (χ2v) is 4.58. The molecule has 0 spiro atoms. The van der Waals surface area contributed by atoms with Gasteiger partial charge < -0.3 is 10.2 Å². The molecule has 0 radical (unpaired) electrons. The normalized spacial score (nSPS) is 15.5. The summed E-state index contributed by atoms with van der Waals surface area (Å²) in [6.45, 7) is 3.41. The summed E-state index contributed by atoms with van der Waals surface area (Å²) in [6.07, 6.45) is 4.46. The molecule has 18 heavy (non-hydrogen) atoms. The molecule has 0 aromatic rings. The predicted octanol–water partition coefficient (Wildman–Crippen LogP) is 0.264. The average molecular weight is 257 g/mol. The van der Waals surface area contributed by atoms with Crippen LogP contribution >= 0.6 is 0 Å². The molecule has 0 aliphatic carbocycles. The van der Waals surface area contributed by atoms with Gasteiger partial charge in [0.15, 0.2) is 0 Å². The van der Waals surface area contributed by atoms with E-state index in [9.17, 15) is 9.59 Å². The minimum atomic E-state index is -0.341. The zero-order valence-electron chi connectivity index (χ0n) is 10.8. The number of hydroxylamine groups is 1. The molecule has 1 saturated heterocycles. The van der Waals surface area contributed by atoms with Crippen molar-refractivity contribution in [3.63, 3.8) is 0 Å². The molecule has 0 bridgehead atoms. The monoisotopic (exact) mass is 257 g/mol. The van der Waals surface area contributed by atoms with Gasteiger partial charge >= 0.3 is 0 Å². The highest BCUT2D eigenvalue weighted by Crippen LogP contribution is 2.07. The largest absolute Gasteiger partial charge is 0.340 e. The third-order valence-corrected chi connectivity index (χ3v) is 3.14. The number of nitrogens with zero attached hydrogens (tertiary/aromatic N) is 1. The third-order valence-electron chi connectivity index (χ3n) is 3.14. The Hall–Kier alpha value is -1.14. The van der Waals surface area contributed by atoms with E-state index in [1.807, 2.05) is 4.90 Å². The van der Waals surface area contributed by atoms with Crippen LogP contribution in [0.15, 0.2) is 0 Å². The predicted molar refractivity (Wildman–Crippen MR) is 67.1 cm³/mol. The van der Waals surface area contributed by atoms with Crippen LogP contribution in [0.4, 0.5) is 0 Å². The van der Waals surface area contributed by atoms with Crippen LogP contribution in [-0.2, 0) is 9.59 Å². The highest BCUT2D eigenvalue weighted by molar-refractivity contribution is 5.76. The van der Waals surface area contributed by atoms with Crippen molar-refractivity contribution >= 4 is 11.8 Å². The Kier molecular flexibility index (Phi) is 7.36. The first-order valence-corrected chi connectivity index (χ1v) is 6.65. The summed E-state index contributed by atoms with van der Waals surface area (Å²) in [5, 5.41) is 11.5. The van der Waals surface area contributed by atoms with Crippen LogP contribution in [0.2, 0.25) is 0 Å². The molecule has 0 aromatic heterocycles. The van der Waals surface area contributed by atoms with Gasteiger partial charge in [-0.25, -0.2) is 5.48 Å². The molecular formula is C12H23N3O3. The van der Waals surface area contributed by atoms with E-state index in [1.165, 1.54) is 0 Å². The van der Waals surface area contributed by atoms with Gasteiger partial charge in [-0.2, -0.15) is 0 Å². The summed E-state index contributed by atoms with van der Waals surface area (Å²) >= 11 is 0. The first-order chi connectivity index (χ1) is 8.74. The van der Waals surface area contributed by atoms with E-state index in [-0.39, 0.29) is 11.8 Å². The fourth-order valence-corrected chi connectivity index (χ4v) is 2.04. The number of hydrogen-bond acceptors (Lipinski definition) is 4. The first-order valence-electron chi connectivity index (χ1n) is 6.65. The van der Waals surface area contributed by atoms with Gasteiger partial charge in [-0.05, 0) is 12.8 Å². The Morgan fingerprint density at radius 1 is 1.06 bits per heavy atom. The summed E-state index contributed by atoms with van der Waals surface area (Å²) in [6, 6.07) is 0. The second-order valence-electron chi connectivity index (χ2n) is 4.58. The van der Waals surface area contributed by atoms with E-state index in [0.717, 1.165) is 51.9 Å². The topological polar surface area (TPSA) is 81.7 Å². The summed E-state index contributed by atoms with van der Waals surface area (Å²) < 4.78 is 0. The molecule has 0 saturated carbocycles.